The topological polar surface area (TPSA) is 40.5 Å². The third-order valence-electron chi connectivity index (χ3n) is 1.53. The van der Waals surface area contributed by atoms with Crippen LogP contribution in [0.5, 0.6) is 0 Å². The summed E-state index contributed by atoms with van der Waals surface area (Å²) in [6.45, 7) is 0. The minimum Gasteiger partial charge on any atom is -0.427 e. The van der Waals surface area contributed by atoms with Crippen molar-refractivity contribution >= 4 is 7.12 Å². The highest BCUT2D eigenvalue weighted by atomic mass is 16.4. The Morgan fingerprint density at radius 2 is 1.82 bits per heavy atom. The van der Waals surface area contributed by atoms with E-state index in [0.717, 1.165) is 12.0 Å². The maximum Gasteiger partial charge on any atom is 0.451 e. The van der Waals surface area contributed by atoms with Crippen LogP contribution in [0, 0.1) is 0 Å². The smallest absolute Gasteiger partial charge is 0.427 e. The number of aryl methyl sites for hydroxylation is 1. The maximum atomic E-state index is 8.57. The molecular formula is C8H15BO2. The first-order chi connectivity index (χ1) is 5.29. The van der Waals surface area contributed by atoms with Crippen molar-refractivity contribution in [2.24, 2.45) is 0 Å². The van der Waals surface area contributed by atoms with Gasteiger partial charge in [-0.15, -0.1) is 0 Å². The fourth-order valence-electron chi connectivity index (χ4n) is 0.940. The van der Waals surface area contributed by atoms with Crippen molar-refractivity contribution in [3.63, 3.8) is 0 Å². The van der Waals surface area contributed by atoms with Gasteiger partial charge >= 0.3 is 7.12 Å². The average Bonchev–Trinajstić information content (AvgIpc) is 2.03. The van der Waals surface area contributed by atoms with Crippen molar-refractivity contribution in [2.75, 3.05) is 0 Å². The molecule has 62 valence electrons. The lowest BCUT2D eigenvalue weighted by molar-refractivity contribution is 0.405. The van der Waals surface area contributed by atoms with E-state index in [1.165, 1.54) is 0 Å². The lowest BCUT2D eigenvalue weighted by Crippen LogP contribution is -2.10. The molecule has 1 aromatic rings. The molecule has 2 nitrogen and oxygen atoms in total. The van der Waals surface area contributed by atoms with E-state index < -0.39 is 7.12 Å². The monoisotopic (exact) mass is 154 g/mol. The molecule has 0 aliphatic carbocycles. The Morgan fingerprint density at radius 3 is 2.36 bits per heavy atom. The van der Waals surface area contributed by atoms with Gasteiger partial charge in [0, 0.05) is 2.85 Å². The van der Waals surface area contributed by atoms with E-state index in [9.17, 15) is 0 Å². The Labute approximate surface area is 69.6 Å². The molecule has 0 fully saturated rings. The molecule has 0 saturated carbocycles. The van der Waals surface area contributed by atoms with E-state index in [4.69, 9.17) is 10.0 Å². The fourth-order valence-corrected chi connectivity index (χ4v) is 0.940. The van der Waals surface area contributed by atoms with E-state index in [-0.39, 0.29) is 2.85 Å². The van der Waals surface area contributed by atoms with Crippen LogP contribution in [-0.2, 0) is 6.42 Å². The van der Waals surface area contributed by atoms with Gasteiger partial charge in [0.25, 0.3) is 0 Å². The molecule has 2 N–H and O–H groups in total. The minimum atomic E-state index is -1.18. The first-order valence-corrected chi connectivity index (χ1v) is 3.69. The SMILES string of the molecule is OB(O)CCc1ccccc1.[HH].[HH]. The van der Waals surface area contributed by atoms with Gasteiger partial charge in [0.2, 0.25) is 0 Å². The van der Waals surface area contributed by atoms with Gasteiger partial charge in [-0.1, -0.05) is 30.3 Å². The quantitative estimate of drug-likeness (QED) is 0.642. The zero-order chi connectivity index (χ0) is 8.10. The third kappa shape index (κ3) is 3.21. The lowest BCUT2D eigenvalue weighted by Gasteiger charge is -1.98. The van der Waals surface area contributed by atoms with Crippen LogP contribution in [0.2, 0.25) is 6.32 Å². The molecule has 0 saturated heterocycles. The molecule has 0 unspecified atom stereocenters. The zero-order valence-corrected chi connectivity index (χ0v) is 6.27. The van der Waals surface area contributed by atoms with Gasteiger partial charge in [-0.3, -0.25) is 0 Å². The molecule has 3 heteroatoms. The standard InChI is InChI=1S/C8H11BO2.2H2/c10-9(11)7-6-8-4-2-1-3-5-8;;/h1-5,10-11H,6-7H2;2*1H. The van der Waals surface area contributed by atoms with Gasteiger partial charge in [-0.05, 0) is 18.3 Å². The van der Waals surface area contributed by atoms with Crippen LogP contribution in [0.15, 0.2) is 30.3 Å². The predicted molar refractivity (Wildman–Crippen MR) is 49.4 cm³/mol. The van der Waals surface area contributed by atoms with Crippen molar-refractivity contribution in [1.82, 2.24) is 0 Å². The molecule has 0 aliphatic rings. The highest BCUT2D eigenvalue weighted by molar-refractivity contribution is 6.40. The van der Waals surface area contributed by atoms with E-state index in [0.29, 0.717) is 6.32 Å². The number of rotatable bonds is 3. The first-order valence-electron chi connectivity index (χ1n) is 3.69. The predicted octanol–water partition coefficient (Wildman–Crippen LogP) is 1.19. The molecule has 11 heavy (non-hydrogen) atoms. The lowest BCUT2D eigenvalue weighted by atomic mass is 9.83. The summed E-state index contributed by atoms with van der Waals surface area (Å²) in [5, 5.41) is 17.1. The molecule has 1 rings (SSSR count). The Balaban J connectivity index is 0. The average molecular weight is 154 g/mol. The Hall–Kier alpha value is -0.795. The van der Waals surface area contributed by atoms with E-state index in [2.05, 4.69) is 0 Å². The third-order valence-corrected chi connectivity index (χ3v) is 1.53. The van der Waals surface area contributed by atoms with Crippen LogP contribution in [0.4, 0.5) is 0 Å². The Bertz CT molecular complexity index is 207. The number of benzene rings is 1. The molecule has 1 aromatic carbocycles. The molecule has 0 aliphatic heterocycles. The van der Waals surface area contributed by atoms with Gasteiger partial charge in [0.15, 0.2) is 0 Å². The summed E-state index contributed by atoms with van der Waals surface area (Å²) >= 11 is 0. The maximum absolute atomic E-state index is 8.57. The fraction of sp³-hybridized carbons (Fsp3) is 0.250. The van der Waals surface area contributed by atoms with Crippen LogP contribution >= 0.6 is 0 Å². The zero-order valence-electron chi connectivity index (χ0n) is 6.27. The molecule has 0 bridgehead atoms. The van der Waals surface area contributed by atoms with Crippen molar-refractivity contribution in [2.45, 2.75) is 12.7 Å². The van der Waals surface area contributed by atoms with Gasteiger partial charge in [-0.25, -0.2) is 0 Å². The second-order valence-electron chi connectivity index (χ2n) is 2.50. The molecule has 0 spiro atoms. The summed E-state index contributed by atoms with van der Waals surface area (Å²) in [4.78, 5) is 0. The number of hydrogen-bond donors (Lipinski definition) is 2. The summed E-state index contributed by atoms with van der Waals surface area (Å²) in [6, 6.07) is 9.78. The van der Waals surface area contributed by atoms with Gasteiger partial charge < -0.3 is 10.0 Å². The second kappa shape index (κ2) is 4.16. The number of hydrogen-bond acceptors (Lipinski definition) is 2. The van der Waals surface area contributed by atoms with E-state index >= 15 is 0 Å². The normalized spacial score (nSPS) is 9.64. The van der Waals surface area contributed by atoms with Crippen molar-refractivity contribution in [1.29, 1.82) is 0 Å². The van der Waals surface area contributed by atoms with Crippen molar-refractivity contribution in [3.8, 4) is 0 Å². The van der Waals surface area contributed by atoms with Crippen molar-refractivity contribution in [3.05, 3.63) is 35.9 Å². The van der Waals surface area contributed by atoms with Crippen LogP contribution in [-0.4, -0.2) is 17.2 Å². The molecular weight excluding hydrogens is 139 g/mol. The molecule has 0 radical (unpaired) electrons. The van der Waals surface area contributed by atoms with Gasteiger partial charge in [-0.2, -0.15) is 0 Å². The Kier molecular flexibility index (Phi) is 3.14. The largest absolute Gasteiger partial charge is 0.451 e. The molecule has 0 aromatic heterocycles. The summed E-state index contributed by atoms with van der Waals surface area (Å²) in [6.07, 6.45) is 1.13. The summed E-state index contributed by atoms with van der Waals surface area (Å²) in [5.74, 6) is 0. The highest BCUT2D eigenvalue weighted by Crippen LogP contribution is 2.02. The molecule has 0 atom stereocenters. The minimum absolute atomic E-state index is 0. The van der Waals surface area contributed by atoms with Crippen LogP contribution in [0.25, 0.3) is 0 Å². The first kappa shape index (κ1) is 8.30. The van der Waals surface area contributed by atoms with Crippen molar-refractivity contribution < 1.29 is 12.9 Å². The summed E-state index contributed by atoms with van der Waals surface area (Å²) in [5.41, 5.74) is 1.14. The van der Waals surface area contributed by atoms with Gasteiger partial charge in [0.1, 0.15) is 0 Å². The highest BCUT2D eigenvalue weighted by Gasteiger charge is 2.05. The van der Waals surface area contributed by atoms with Gasteiger partial charge in [0.05, 0.1) is 0 Å². The summed E-state index contributed by atoms with van der Waals surface area (Å²) in [7, 11) is -1.18. The Morgan fingerprint density at radius 1 is 1.18 bits per heavy atom. The molecule has 0 heterocycles. The van der Waals surface area contributed by atoms with E-state index in [1.54, 1.807) is 0 Å². The molecule has 0 amide bonds. The van der Waals surface area contributed by atoms with E-state index in [1.807, 2.05) is 30.3 Å². The van der Waals surface area contributed by atoms with Crippen LogP contribution in [0.1, 0.15) is 8.42 Å². The second-order valence-corrected chi connectivity index (χ2v) is 2.50. The summed E-state index contributed by atoms with van der Waals surface area (Å²) < 4.78 is 0. The van der Waals surface area contributed by atoms with Crippen LogP contribution in [0.3, 0.4) is 0 Å². The van der Waals surface area contributed by atoms with Crippen LogP contribution < -0.4 is 0 Å².